The molecule has 1 aromatic rings. The second kappa shape index (κ2) is 6.50. The molecule has 0 aromatic carbocycles. The van der Waals surface area contributed by atoms with Crippen LogP contribution in [-0.2, 0) is 11.8 Å². The van der Waals surface area contributed by atoms with Crippen LogP contribution in [0.5, 0.6) is 0 Å². The van der Waals surface area contributed by atoms with E-state index in [0.29, 0.717) is 5.75 Å². The molecule has 5 heteroatoms. The van der Waals surface area contributed by atoms with Gasteiger partial charge in [0.15, 0.2) is 5.16 Å². The fourth-order valence-electron chi connectivity index (χ4n) is 1.08. The van der Waals surface area contributed by atoms with Gasteiger partial charge in [0.2, 0.25) is 5.91 Å². The summed E-state index contributed by atoms with van der Waals surface area (Å²) in [6.07, 6.45) is 5.75. The van der Waals surface area contributed by atoms with E-state index in [0.717, 1.165) is 24.5 Å². The van der Waals surface area contributed by atoms with E-state index in [-0.39, 0.29) is 5.91 Å². The Kier molecular flexibility index (Phi) is 5.25. The van der Waals surface area contributed by atoms with Gasteiger partial charge < -0.3 is 9.88 Å². The highest BCUT2D eigenvalue weighted by molar-refractivity contribution is 7.99. The number of amides is 1. The summed E-state index contributed by atoms with van der Waals surface area (Å²) < 4.78 is 1.91. The van der Waals surface area contributed by atoms with Crippen molar-refractivity contribution in [3.05, 3.63) is 12.4 Å². The van der Waals surface area contributed by atoms with Crippen LogP contribution in [0.25, 0.3) is 0 Å². The summed E-state index contributed by atoms with van der Waals surface area (Å²) >= 11 is 1.46. The zero-order chi connectivity index (χ0) is 11.1. The summed E-state index contributed by atoms with van der Waals surface area (Å²) in [6.45, 7) is 2.88. The lowest BCUT2D eigenvalue weighted by molar-refractivity contribution is -0.118. The van der Waals surface area contributed by atoms with Crippen molar-refractivity contribution in [3.8, 4) is 0 Å². The Morgan fingerprint density at radius 1 is 1.67 bits per heavy atom. The van der Waals surface area contributed by atoms with Crippen LogP contribution in [0.4, 0.5) is 0 Å². The molecule has 0 aliphatic carbocycles. The lowest BCUT2D eigenvalue weighted by atomic mass is 10.3. The van der Waals surface area contributed by atoms with Gasteiger partial charge in [-0.1, -0.05) is 25.1 Å². The molecule has 0 radical (unpaired) electrons. The van der Waals surface area contributed by atoms with Crippen LogP contribution >= 0.6 is 11.8 Å². The molecule has 0 saturated carbocycles. The van der Waals surface area contributed by atoms with Gasteiger partial charge in [-0.15, -0.1) is 0 Å². The van der Waals surface area contributed by atoms with Crippen LogP contribution in [-0.4, -0.2) is 27.8 Å². The molecule has 0 atom stereocenters. The standard InChI is InChI=1S/C10H17N3OS/c1-3-4-5-11-9(14)8-15-10-12-6-7-13(10)2/h6-7H,3-5,8H2,1-2H3,(H,11,14). The van der Waals surface area contributed by atoms with E-state index in [1.807, 2.05) is 17.8 Å². The highest BCUT2D eigenvalue weighted by Gasteiger charge is 2.04. The molecule has 0 aliphatic rings. The van der Waals surface area contributed by atoms with Crippen LogP contribution in [0.3, 0.4) is 0 Å². The summed E-state index contributed by atoms with van der Waals surface area (Å²) in [6, 6.07) is 0. The predicted octanol–water partition coefficient (Wildman–Crippen LogP) is 1.43. The van der Waals surface area contributed by atoms with E-state index >= 15 is 0 Å². The number of hydrogen-bond donors (Lipinski definition) is 1. The number of unbranched alkanes of at least 4 members (excludes halogenated alkanes) is 1. The van der Waals surface area contributed by atoms with E-state index in [1.54, 1.807) is 6.20 Å². The minimum Gasteiger partial charge on any atom is -0.355 e. The van der Waals surface area contributed by atoms with Gasteiger partial charge in [-0.3, -0.25) is 4.79 Å². The number of aryl methyl sites for hydroxylation is 1. The number of imidazole rings is 1. The number of rotatable bonds is 6. The second-order valence-corrected chi connectivity index (χ2v) is 4.26. The molecule has 0 aliphatic heterocycles. The van der Waals surface area contributed by atoms with E-state index in [1.165, 1.54) is 11.8 Å². The molecule has 0 fully saturated rings. The van der Waals surface area contributed by atoms with Crippen molar-refractivity contribution in [1.29, 1.82) is 0 Å². The van der Waals surface area contributed by atoms with Crippen LogP contribution in [0.15, 0.2) is 17.6 Å². The third kappa shape index (κ3) is 4.38. The maximum atomic E-state index is 11.4. The molecule has 1 rings (SSSR count). The van der Waals surface area contributed by atoms with E-state index in [4.69, 9.17) is 0 Å². The topological polar surface area (TPSA) is 46.9 Å². The normalized spacial score (nSPS) is 10.3. The Balaban J connectivity index is 2.20. The average Bonchev–Trinajstić information content (AvgIpc) is 2.61. The van der Waals surface area contributed by atoms with Gasteiger partial charge >= 0.3 is 0 Å². The van der Waals surface area contributed by atoms with Crippen LogP contribution in [0, 0.1) is 0 Å². The van der Waals surface area contributed by atoms with Gasteiger partial charge in [0.05, 0.1) is 5.75 Å². The number of carbonyl (C=O) groups excluding carboxylic acids is 1. The Bertz CT molecular complexity index is 311. The zero-order valence-electron chi connectivity index (χ0n) is 9.19. The number of nitrogens with zero attached hydrogens (tertiary/aromatic N) is 2. The highest BCUT2D eigenvalue weighted by Crippen LogP contribution is 2.13. The summed E-state index contributed by atoms with van der Waals surface area (Å²) in [5, 5.41) is 3.74. The minimum atomic E-state index is 0.0800. The van der Waals surface area contributed by atoms with Gasteiger partial charge in [0, 0.05) is 26.0 Å². The first-order valence-corrected chi connectivity index (χ1v) is 6.09. The lowest BCUT2D eigenvalue weighted by Crippen LogP contribution is -2.26. The molecular weight excluding hydrogens is 210 g/mol. The van der Waals surface area contributed by atoms with Gasteiger partial charge in [-0.05, 0) is 6.42 Å². The highest BCUT2D eigenvalue weighted by atomic mass is 32.2. The molecule has 0 bridgehead atoms. The van der Waals surface area contributed by atoms with Crippen LogP contribution < -0.4 is 5.32 Å². The maximum Gasteiger partial charge on any atom is 0.230 e. The summed E-state index contributed by atoms with van der Waals surface area (Å²) in [5.41, 5.74) is 0. The van der Waals surface area contributed by atoms with Crippen molar-refractivity contribution < 1.29 is 4.79 Å². The van der Waals surface area contributed by atoms with E-state index < -0.39 is 0 Å². The number of hydrogen-bond acceptors (Lipinski definition) is 3. The van der Waals surface area contributed by atoms with Crippen LogP contribution in [0.1, 0.15) is 19.8 Å². The molecule has 0 spiro atoms. The second-order valence-electron chi connectivity index (χ2n) is 3.31. The fraction of sp³-hybridized carbons (Fsp3) is 0.600. The molecule has 1 heterocycles. The quantitative estimate of drug-likeness (QED) is 0.590. The molecule has 1 N–H and O–H groups in total. The fourth-order valence-corrected chi connectivity index (χ4v) is 1.84. The molecular formula is C10H17N3OS. The van der Waals surface area contributed by atoms with Gasteiger partial charge in [-0.2, -0.15) is 0 Å². The van der Waals surface area contributed by atoms with Crippen molar-refractivity contribution in [3.63, 3.8) is 0 Å². The van der Waals surface area contributed by atoms with Gasteiger partial charge in [-0.25, -0.2) is 4.98 Å². The zero-order valence-corrected chi connectivity index (χ0v) is 10.0. The van der Waals surface area contributed by atoms with E-state index in [2.05, 4.69) is 17.2 Å². The number of aromatic nitrogens is 2. The Morgan fingerprint density at radius 2 is 2.47 bits per heavy atom. The number of carbonyl (C=O) groups is 1. The number of thioether (sulfide) groups is 1. The average molecular weight is 227 g/mol. The first-order chi connectivity index (χ1) is 7.24. The summed E-state index contributed by atoms with van der Waals surface area (Å²) in [4.78, 5) is 15.5. The summed E-state index contributed by atoms with van der Waals surface area (Å²) in [5.74, 6) is 0.519. The van der Waals surface area contributed by atoms with Crippen molar-refractivity contribution in [2.45, 2.75) is 24.9 Å². The van der Waals surface area contributed by atoms with Crippen molar-refractivity contribution in [1.82, 2.24) is 14.9 Å². The molecule has 1 amide bonds. The van der Waals surface area contributed by atoms with Gasteiger partial charge in [0.25, 0.3) is 0 Å². The molecule has 4 nitrogen and oxygen atoms in total. The third-order valence-electron chi connectivity index (χ3n) is 1.96. The van der Waals surface area contributed by atoms with Crippen LogP contribution in [0.2, 0.25) is 0 Å². The monoisotopic (exact) mass is 227 g/mol. The molecule has 1 aromatic heterocycles. The SMILES string of the molecule is CCCCNC(=O)CSc1nccn1C. The smallest absolute Gasteiger partial charge is 0.230 e. The number of nitrogens with one attached hydrogen (secondary N) is 1. The molecule has 15 heavy (non-hydrogen) atoms. The molecule has 84 valence electrons. The van der Waals surface area contributed by atoms with Crippen molar-refractivity contribution in [2.75, 3.05) is 12.3 Å². The first-order valence-electron chi connectivity index (χ1n) is 5.11. The Labute approximate surface area is 94.5 Å². The third-order valence-corrected chi connectivity index (χ3v) is 3.02. The Hall–Kier alpha value is -0.970. The van der Waals surface area contributed by atoms with Crippen molar-refractivity contribution in [2.24, 2.45) is 7.05 Å². The van der Waals surface area contributed by atoms with Gasteiger partial charge in [0.1, 0.15) is 0 Å². The maximum absolute atomic E-state index is 11.4. The first kappa shape index (κ1) is 12.1. The molecule has 0 unspecified atom stereocenters. The predicted molar refractivity (Wildman–Crippen MR) is 61.8 cm³/mol. The van der Waals surface area contributed by atoms with E-state index in [9.17, 15) is 4.79 Å². The summed E-state index contributed by atoms with van der Waals surface area (Å²) in [7, 11) is 1.92. The minimum absolute atomic E-state index is 0.0800. The molecule has 0 saturated heterocycles. The largest absolute Gasteiger partial charge is 0.355 e. The van der Waals surface area contributed by atoms with Crippen molar-refractivity contribution >= 4 is 17.7 Å². The Morgan fingerprint density at radius 3 is 3.07 bits per heavy atom. The lowest BCUT2D eigenvalue weighted by Gasteiger charge is -2.03.